The minimum Gasteiger partial charge on any atom is -0.493 e. The molecule has 1 aliphatic rings. The molecule has 0 radical (unpaired) electrons. The summed E-state index contributed by atoms with van der Waals surface area (Å²) in [6, 6.07) is 2.26. The van der Waals surface area contributed by atoms with Crippen molar-refractivity contribution in [3.05, 3.63) is 22.7 Å². The molecule has 1 aromatic carbocycles. The fourth-order valence-electron chi connectivity index (χ4n) is 2.73. The van der Waals surface area contributed by atoms with Crippen LogP contribution in [0.25, 0.3) is 0 Å². The number of carbonyl (C=O) groups excluding carboxylic acids is 1. The number of nitrogens with zero attached hydrogens (tertiary/aromatic N) is 1. The average molecular weight is 356 g/mol. The number of hydrogen-bond acceptors (Lipinski definition) is 4. The quantitative estimate of drug-likeness (QED) is 0.760. The number of amides is 1. The van der Waals surface area contributed by atoms with Crippen molar-refractivity contribution < 1.29 is 24.2 Å². The number of halogens is 1. The molecule has 1 atom stereocenters. The zero-order chi connectivity index (χ0) is 17.7. The van der Waals surface area contributed by atoms with Crippen molar-refractivity contribution in [3.63, 3.8) is 0 Å². The van der Waals surface area contributed by atoms with Crippen LogP contribution in [-0.2, 0) is 4.79 Å². The second-order valence-corrected chi connectivity index (χ2v) is 6.09. The summed E-state index contributed by atoms with van der Waals surface area (Å²) >= 11 is 6.25. The first-order valence-corrected chi connectivity index (χ1v) is 8.41. The lowest BCUT2D eigenvalue weighted by atomic mass is 10.1. The van der Waals surface area contributed by atoms with Crippen molar-refractivity contribution in [1.29, 1.82) is 0 Å². The molecular formula is C17H22ClNO5. The number of unbranched alkanes of at least 4 members (excludes halogenated alkanes) is 1. The van der Waals surface area contributed by atoms with Crippen molar-refractivity contribution in [3.8, 4) is 11.5 Å². The van der Waals surface area contributed by atoms with Gasteiger partial charge in [0.2, 0.25) is 0 Å². The highest BCUT2D eigenvalue weighted by Gasteiger charge is 2.35. The summed E-state index contributed by atoms with van der Waals surface area (Å²) in [7, 11) is 1.47. The molecule has 1 unspecified atom stereocenters. The third kappa shape index (κ3) is 3.93. The number of hydrogen-bond donors (Lipinski definition) is 1. The summed E-state index contributed by atoms with van der Waals surface area (Å²) in [4.78, 5) is 25.3. The zero-order valence-electron chi connectivity index (χ0n) is 13.9. The third-order valence-electron chi connectivity index (χ3n) is 4.02. The number of rotatable bonds is 7. The van der Waals surface area contributed by atoms with Gasteiger partial charge in [-0.3, -0.25) is 4.79 Å². The fraction of sp³-hybridized carbons (Fsp3) is 0.529. The predicted octanol–water partition coefficient (Wildman–Crippen LogP) is 3.22. The minimum atomic E-state index is -0.988. The van der Waals surface area contributed by atoms with Crippen molar-refractivity contribution in [2.24, 2.45) is 0 Å². The number of benzene rings is 1. The summed E-state index contributed by atoms with van der Waals surface area (Å²) in [6.07, 6.45) is 3.01. The Balaban J connectivity index is 2.26. The number of carboxylic acid groups (broad SMARTS) is 1. The van der Waals surface area contributed by atoms with Gasteiger partial charge in [-0.2, -0.15) is 0 Å². The van der Waals surface area contributed by atoms with Crippen LogP contribution in [0.15, 0.2) is 12.1 Å². The van der Waals surface area contributed by atoms with Crippen LogP contribution in [-0.4, -0.2) is 48.2 Å². The lowest BCUT2D eigenvalue weighted by Gasteiger charge is -2.22. The summed E-state index contributed by atoms with van der Waals surface area (Å²) in [5.74, 6) is -0.577. The second kappa shape index (κ2) is 8.24. The van der Waals surface area contributed by atoms with E-state index in [-0.39, 0.29) is 10.9 Å². The van der Waals surface area contributed by atoms with E-state index in [1.165, 1.54) is 18.1 Å². The van der Waals surface area contributed by atoms with Crippen molar-refractivity contribution in [1.82, 2.24) is 4.90 Å². The molecule has 1 saturated heterocycles. The van der Waals surface area contributed by atoms with Crippen molar-refractivity contribution in [2.45, 2.75) is 38.6 Å². The van der Waals surface area contributed by atoms with Crippen LogP contribution in [0.4, 0.5) is 0 Å². The van der Waals surface area contributed by atoms with Gasteiger partial charge in [0, 0.05) is 12.1 Å². The van der Waals surface area contributed by atoms with Gasteiger partial charge in [0.15, 0.2) is 11.5 Å². The predicted molar refractivity (Wildman–Crippen MR) is 90.1 cm³/mol. The maximum atomic E-state index is 12.7. The van der Waals surface area contributed by atoms with E-state index in [0.717, 1.165) is 12.8 Å². The minimum absolute atomic E-state index is 0.278. The summed E-state index contributed by atoms with van der Waals surface area (Å²) in [5.41, 5.74) is 0.299. The van der Waals surface area contributed by atoms with E-state index in [1.807, 2.05) is 0 Å². The molecule has 1 amide bonds. The first-order chi connectivity index (χ1) is 11.5. The Labute approximate surface area is 146 Å². The average Bonchev–Trinajstić information content (AvgIpc) is 3.05. The molecule has 132 valence electrons. The molecule has 0 bridgehead atoms. The lowest BCUT2D eigenvalue weighted by molar-refractivity contribution is -0.141. The van der Waals surface area contributed by atoms with Gasteiger partial charge in [0.05, 0.1) is 18.7 Å². The van der Waals surface area contributed by atoms with Crippen molar-refractivity contribution >= 4 is 23.5 Å². The first kappa shape index (κ1) is 18.4. The Morgan fingerprint density at radius 3 is 2.79 bits per heavy atom. The van der Waals surface area contributed by atoms with Crippen LogP contribution in [0.3, 0.4) is 0 Å². The van der Waals surface area contributed by atoms with Crippen molar-refractivity contribution in [2.75, 3.05) is 20.3 Å². The number of likely N-dealkylation sites (tertiary alicyclic amines) is 1. The van der Waals surface area contributed by atoms with E-state index in [9.17, 15) is 14.7 Å². The van der Waals surface area contributed by atoms with Gasteiger partial charge < -0.3 is 19.5 Å². The molecule has 0 aliphatic carbocycles. The molecule has 0 aromatic heterocycles. The number of methoxy groups -OCH3 is 1. The van der Waals surface area contributed by atoms with E-state index >= 15 is 0 Å². The molecular weight excluding hydrogens is 334 g/mol. The van der Waals surface area contributed by atoms with Gasteiger partial charge in [-0.15, -0.1) is 0 Å². The van der Waals surface area contributed by atoms with Crippen LogP contribution in [0, 0.1) is 0 Å². The lowest BCUT2D eigenvalue weighted by Crippen LogP contribution is -2.40. The number of aliphatic carboxylic acids is 1. The molecule has 6 nitrogen and oxygen atoms in total. The zero-order valence-corrected chi connectivity index (χ0v) is 14.6. The molecule has 7 heteroatoms. The van der Waals surface area contributed by atoms with E-state index in [4.69, 9.17) is 21.1 Å². The molecule has 1 N–H and O–H groups in total. The highest BCUT2D eigenvalue weighted by Crippen LogP contribution is 2.37. The molecule has 24 heavy (non-hydrogen) atoms. The number of carbonyl (C=O) groups is 2. The monoisotopic (exact) mass is 355 g/mol. The maximum absolute atomic E-state index is 12.7. The van der Waals surface area contributed by atoms with Gasteiger partial charge in [-0.05, 0) is 31.4 Å². The molecule has 0 spiro atoms. The Bertz CT molecular complexity index is 619. The summed E-state index contributed by atoms with van der Waals surface area (Å²) in [6.45, 7) is 2.98. The highest BCUT2D eigenvalue weighted by atomic mass is 35.5. The van der Waals surface area contributed by atoms with Crippen LogP contribution >= 0.6 is 11.6 Å². The largest absolute Gasteiger partial charge is 0.493 e. The van der Waals surface area contributed by atoms with Gasteiger partial charge in [0.25, 0.3) is 5.91 Å². The van der Waals surface area contributed by atoms with E-state index in [0.29, 0.717) is 43.1 Å². The second-order valence-electron chi connectivity index (χ2n) is 5.69. The summed E-state index contributed by atoms with van der Waals surface area (Å²) in [5, 5.41) is 9.51. The third-order valence-corrected chi connectivity index (χ3v) is 4.30. The Hall–Kier alpha value is -1.95. The van der Waals surface area contributed by atoms with E-state index < -0.39 is 12.0 Å². The van der Waals surface area contributed by atoms with Gasteiger partial charge in [0.1, 0.15) is 6.04 Å². The van der Waals surface area contributed by atoms with Gasteiger partial charge in [-0.25, -0.2) is 4.79 Å². The molecule has 1 heterocycles. The topological polar surface area (TPSA) is 76.1 Å². The molecule has 1 fully saturated rings. The van der Waals surface area contributed by atoms with Gasteiger partial charge in [-0.1, -0.05) is 24.9 Å². The Morgan fingerprint density at radius 2 is 2.17 bits per heavy atom. The maximum Gasteiger partial charge on any atom is 0.326 e. The van der Waals surface area contributed by atoms with E-state index in [2.05, 4.69) is 6.92 Å². The number of ether oxygens (including phenoxy) is 2. The smallest absolute Gasteiger partial charge is 0.326 e. The standard InChI is InChI=1S/C17H22ClNO5/c1-3-4-8-24-15-12(18)9-11(10-14(15)23-2)16(20)19-7-5-6-13(19)17(21)22/h9-10,13H,3-8H2,1-2H3,(H,21,22). The first-order valence-electron chi connectivity index (χ1n) is 8.03. The SMILES string of the molecule is CCCCOc1c(Cl)cc(C(=O)N2CCCC2C(=O)O)cc1OC. The molecule has 2 rings (SSSR count). The molecule has 0 saturated carbocycles. The molecule has 1 aliphatic heterocycles. The van der Waals surface area contributed by atoms with Crippen LogP contribution in [0.5, 0.6) is 11.5 Å². The van der Waals surface area contributed by atoms with Crippen LogP contribution in [0.1, 0.15) is 43.0 Å². The highest BCUT2D eigenvalue weighted by molar-refractivity contribution is 6.32. The van der Waals surface area contributed by atoms with Crippen LogP contribution < -0.4 is 9.47 Å². The fourth-order valence-corrected chi connectivity index (χ4v) is 3.00. The summed E-state index contributed by atoms with van der Waals surface area (Å²) < 4.78 is 10.9. The molecule has 1 aromatic rings. The Morgan fingerprint density at radius 1 is 1.42 bits per heavy atom. The normalized spacial score (nSPS) is 17.0. The van der Waals surface area contributed by atoms with E-state index in [1.54, 1.807) is 6.07 Å². The Kier molecular flexibility index (Phi) is 6.31. The number of carboxylic acids is 1. The van der Waals surface area contributed by atoms with Crippen LogP contribution in [0.2, 0.25) is 5.02 Å². The van der Waals surface area contributed by atoms with Gasteiger partial charge >= 0.3 is 5.97 Å².